The fourth-order valence-electron chi connectivity index (χ4n) is 1.79. The Balaban J connectivity index is 1.96. The van der Waals surface area contributed by atoms with Crippen LogP contribution in [0.5, 0.6) is 0 Å². The number of hydrogen-bond donors (Lipinski definition) is 1. The van der Waals surface area contributed by atoms with Crippen LogP contribution in [-0.4, -0.2) is 18.5 Å². The Morgan fingerprint density at radius 2 is 1.79 bits per heavy atom. The summed E-state index contributed by atoms with van der Waals surface area (Å²) in [6.45, 7) is -0.652. The van der Waals surface area contributed by atoms with E-state index in [2.05, 4.69) is 5.32 Å². The molecule has 0 fully saturated rings. The minimum atomic E-state index is -4.57. The predicted molar refractivity (Wildman–Crippen MR) is 81.8 cm³/mol. The number of rotatable bonds is 4. The molecule has 0 aliphatic rings. The van der Waals surface area contributed by atoms with E-state index < -0.39 is 30.2 Å². The Morgan fingerprint density at radius 1 is 1.08 bits per heavy atom. The van der Waals surface area contributed by atoms with E-state index in [1.165, 1.54) is 6.07 Å². The summed E-state index contributed by atoms with van der Waals surface area (Å²) in [7, 11) is 0. The molecule has 2 aromatic rings. The zero-order valence-electron chi connectivity index (χ0n) is 12.1. The molecular weight excluding hydrogens is 347 g/mol. The molecule has 0 atom stereocenters. The number of anilines is 1. The molecule has 2 rings (SSSR count). The van der Waals surface area contributed by atoms with Gasteiger partial charge in [0.2, 0.25) is 0 Å². The average molecular weight is 358 g/mol. The van der Waals surface area contributed by atoms with Crippen LogP contribution in [0.15, 0.2) is 48.5 Å². The van der Waals surface area contributed by atoms with Crippen molar-refractivity contribution in [2.75, 3.05) is 11.9 Å². The molecular formula is C16H11ClF3NO3. The molecule has 0 bridgehead atoms. The summed E-state index contributed by atoms with van der Waals surface area (Å²) >= 11 is 5.86. The molecule has 126 valence electrons. The van der Waals surface area contributed by atoms with E-state index in [-0.39, 0.29) is 5.56 Å². The largest absolute Gasteiger partial charge is 0.452 e. The first kappa shape index (κ1) is 17.8. The smallest absolute Gasteiger partial charge is 0.416 e. The second kappa shape index (κ2) is 7.35. The number of carbonyl (C=O) groups excluding carboxylic acids is 2. The number of para-hydroxylation sites is 1. The molecule has 0 aromatic heterocycles. The van der Waals surface area contributed by atoms with E-state index in [1.807, 2.05) is 0 Å². The van der Waals surface area contributed by atoms with Gasteiger partial charge in [0, 0.05) is 0 Å². The standard InChI is InChI=1S/C16H11ClF3NO3/c17-12-6-1-2-7-13(12)21-14(22)9-24-15(23)10-4-3-5-11(8-10)16(18,19)20/h1-8H,9H2,(H,21,22). The summed E-state index contributed by atoms with van der Waals surface area (Å²) in [5, 5.41) is 2.73. The molecule has 1 amide bonds. The van der Waals surface area contributed by atoms with Crippen molar-refractivity contribution in [3.8, 4) is 0 Å². The highest BCUT2D eigenvalue weighted by atomic mass is 35.5. The molecule has 0 heterocycles. The SMILES string of the molecule is O=C(COC(=O)c1cccc(C(F)(F)F)c1)Nc1ccccc1Cl. The number of benzene rings is 2. The van der Waals surface area contributed by atoms with Gasteiger partial charge in [-0.15, -0.1) is 0 Å². The van der Waals surface area contributed by atoms with Gasteiger partial charge in [-0.2, -0.15) is 13.2 Å². The zero-order valence-corrected chi connectivity index (χ0v) is 12.8. The highest BCUT2D eigenvalue weighted by molar-refractivity contribution is 6.33. The molecule has 0 unspecified atom stereocenters. The molecule has 0 saturated carbocycles. The zero-order chi connectivity index (χ0) is 17.7. The Bertz CT molecular complexity index is 762. The minimum Gasteiger partial charge on any atom is -0.452 e. The number of ether oxygens (including phenoxy) is 1. The highest BCUT2D eigenvalue weighted by Gasteiger charge is 2.31. The monoisotopic (exact) mass is 357 g/mol. The summed E-state index contributed by atoms with van der Waals surface area (Å²) < 4.78 is 42.5. The Labute approximate surface area is 140 Å². The van der Waals surface area contributed by atoms with Crippen LogP contribution in [0.25, 0.3) is 0 Å². The Morgan fingerprint density at radius 3 is 2.46 bits per heavy atom. The number of alkyl halides is 3. The van der Waals surface area contributed by atoms with E-state index >= 15 is 0 Å². The van der Waals surface area contributed by atoms with Crippen molar-refractivity contribution in [3.05, 3.63) is 64.7 Å². The predicted octanol–water partition coefficient (Wildman–Crippen LogP) is 4.15. The van der Waals surface area contributed by atoms with Crippen molar-refractivity contribution < 1.29 is 27.5 Å². The summed E-state index contributed by atoms with van der Waals surface area (Å²) in [4.78, 5) is 23.5. The van der Waals surface area contributed by atoms with E-state index in [4.69, 9.17) is 16.3 Å². The van der Waals surface area contributed by atoms with Crippen molar-refractivity contribution in [3.63, 3.8) is 0 Å². The number of nitrogens with one attached hydrogen (secondary N) is 1. The van der Waals surface area contributed by atoms with Crippen molar-refractivity contribution in [1.29, 1.82) is 0 Å². The van der Waals surface area contributed by atoms with Crippen LogP contribution in [0.2, 0.25) is 5.02 Å². The summed E-state index contributed by atoms with van der Waals surface area (Å²) in [5.74, 6) is -1.70. The van der Waals surface area contributed by atoms with E-state index in [0.29, 0.717) is 16.8 Å². The van der Waals surface area contributed by atoms with Crippen LogP contribution < -0.4 is 5.32 Å². The van der Waals surface area contributed by atoms with Gasteiger partial charge in [0.1, 0.15) is 0 Å². The van der Waals surface area contributed by atoms with Gasteiger partial charge in [0.15, 0.2) is 6.61 Å². The van der Waals surface area contributed by atoms with Gasteiger partial charge in [-0.1, -0.05) is 29.8 Å². The normalized spacial score (nSPS) is 11.0. The minimum absolute atomic E-state index is 0.296. The number of carbonyl (C=O) groups is 2. The van der Waals surface area contributed by atoms with Crippen LogP contribution in [0, 0.1) is 0 Å². The molecule has 0 aliphatic carbocycles. The third-order valence-electron chi connectivity index (χ3n) is 2.91. The number of halogens is 4. The molecule has 0 spiro atoms. The average Bonchev–Trinajstić information content (AvgIpc) is 2.54. The summed E-state index contributed by atoms with van der Waals surface area (Å²) in [6, 6.07) is 10.2. The van der Waals surface area contributed by atoms with Gasteiger partial charge in [0.05, 0.1) is 21.8 Å². The second-order valence-electron chi connectivity index (χ2n) is 4.68. The fourth-order valence-corrected chi connectivity index (χ4v) is 1.97. The lowest BCUT2D eigenvalue weighted by molar-refractivity contribution is -0.137. The summed E-state index contributed by atoms with van der Waals surface area (Å²) in [6.07, 6.45) is -4.57. The van der Waals surface area contributed by atoms with Crippen molar-refractivity contribution in [2.24, 2.45) is 0 Å². The van der Waals surface area contributed by atoms with Gasteiger partial charge >= 0.3 is 12.1 Å². The Kier molecular flexibility index (Phi) is 5.46. The van der Waals surface area contributed by atoms with Crippen LogP contribution in [0.3, 0.4) is 0 Å². The van der Waals surface area contributed by atoms with Crippen LogP contribution >= 0.6 is 11.6 Å². The summed E-state index contributed by atoms with van der Waals surface area (Å²) in [5.41, 5.74) is -0.938. The molecule has 0 saturated heterocycles. The third kappa shape index (κ3) is 4.73. The molecule has 4 nitrogen and oxygen atoms in total. The molecule has 0 radical (unpaired) electrons. The molecule has 2 aromatic carbocycles. The van der Waals surface area contributed by atoms with E-state index in [0.717, 1.165) is 12.1 Å². The van der Waals surface area contributed by atoms with E-state index in [9.17, 15) is 22.8 Å². The molecule has 24 heavy (non-hydrogen) atoms. The lowest BCUT2D eigenvalue weighted by Gasteiger charge is -2.09. The number of hydrogen-bond acceptors (Lipinski definition) is 3. The fraction of sp³-hybridized carbons (Fsp3) is 0.125. The van der Waals surface area contributed by atoms with Crippen molar-refractivity contribution in [2.45, 2.75) is 6.18 Å². The number of esters is 1. The Hall–Kier alpha value is -2.54. The molecule has 8 heteroatoms. The maximum atomic E-state index is 12.6. The maximum absolute atomic E-state index is 12.6. The first-order valence-electron chi connectivity index (χ1n) is 6.66. The maximum Gasteiger partial charge on any atom is 0.416 e. The molecule has 1 N–H and O–H groups in total. The second-order valence-corrected chi connectivity index (χ2v) is 5.09. The highest BCUT2D eigenvalue weighted by Crippen LogP contribution is 2.29. The first-order valence-corrected chi connectivity index (χ1v) is 7.04. The number of amides is 1. The van der Waals surface area contributed by atoms with Gasteiger partial charge < -0.3 is 10.1 Å². The van der Waals surface area contributed by atoms with E-state index in [1.54, 1.807) is 24.3 Å². The van der Waals surface area contributed by atoms with Crippen molar-refractivity contribution in [1.82, 2.24) is 0 Å². The van der Waals surface area contributed by atoms with Crippen LogP contribution in [0.1, 0.15) is 15.9 Å². The lowest BCUT2D eigenvalue weighted by atomic mass is 10.1. The van der Waals surface area contributed by atoms with Gasteiger partial charge in [-0.05, 0) is 30.3 Å². The topological polar surface area (TPSA) is 55.4 Å². The van der Waals surface area contributed by atoms with Gasteiger partial charge in [0.25, 0.3) is 5.91 Å². The lowest BCUT2D eigenvalue weighted by Crippen LogP contribution is -2.21. The third-order valence-corrected chi connectivity index (χ3v) is 3.24. The van der Waals surface area contributed by atoms with Gasteiger partial charge in [-0.25, -0.2) is 4.79 Å². The van der Waals surface area contributed by atoms with Crippen LogP contribution in [-0.2, 0) is 15.7 Å². The van der Waals surface area contributed by atoms with Crippen molar-refractivity contribution >= 4 is 29.2 Å². The quantitative estimate of drug-likeness (QED) is 0.836. The first-order chi connectivity index (χ1) is 11.3. The van der Waals surface area contributed by atoms with Gasteiger partial charge in [-0.3, -0.25) is 4.79 Å². The molecule has 0 aliphatic heterocycles. The van der Waals surface area contributed by atoms with Crippen LogP contribution in [0.4, 0.5) is 18.9 Å².